The number of nitrogens with zero attached hydrogens (tertiary/aromatic N) is 4. The fourth-order valence-corrected chi connectivity index (χ4v) is 1.58. The zero-order valence-corrected chi connectivity index (χ0v) is 10.7. The third kappa shape index (κ3) is 2.70. The Bertz CT molecular complexity index is 535. The molecule has 2 aromatic rings. The van der Waals surface area contributed by atoms with E-state index in [1.165, 1.54) is 10.7 Å². The van der Waals surface area contributed by atoms with E-state index in [4.69, 9.17) is 0 Å². The molecule has 0 spiro atoms. The summed E-state index contributed by atoms with van der Waals surface area (Å²) in [6, 6.07) is 5.18. The van der Waals surface area contributed by atoms with Crippen molar-refractivity contribution in [3.05, 3.63) is 35.4 Å². The molecule has 0 aliphatic rings. The third-order valence-electron chi connectivity index (χ3n) is 2.53. The molecule has 0 atom stereocenters. The number of aromatic nitrogens is 4. The van der Waals surface area contributed by atoms with Gasteiger partial charge >= 0.3 is 0 Å². The molecule has 1 aromatic carbocycles. The maximum atomic E-state index is 13.8. The Labute approximate surface area is 105 Å². The molecule has 5 nitrogen and oxygen atoms in total. The van der Waals surface area contributed by atoms with Crippen molar-refractivity contribution < 1.29 is 4.39 Å². The van der Waals surface area contributed by atoms with Crippen LogP contribution in [0.15, 0.2) is 18.2 Å². The fourth-order valence-electron chi connectivity index (χ4n) is 1.58. The predicted molar refractivity (Wildman–Crippen MR) is 65.8 cm³/mol. The number of benzene rings is 1. The minimum atomic E-state index is -0.335. The van der Waals surface area contributed by atoms with Crippen LogP contribution in [0.1, 0.15) is 25.2 Å². The van der Waals surface area contributed by atoms with Crippen LogP contribution in [0.2, 0.25) is 0 Å². The number of halogens is 1. The number of hydrogen-bond acceptors (Lipinski definition) is 4. The molecule has 1 heterocycles. The second kappa shape index (κ2) is 5.22. The monoisotopic (exact) mass is 249 g/mol. The predicted octanol–water partition coefficient (Wildman–Crippen LogP) is 1.61. The summed E-state index contributed by atoms with van der Waals surface area (Å²) in [6.07, 6.45) is 0. The normalized spacial score (nSPS) is 11.2. The number of hydrogen-bond donors (Lipinski definition) is 1. The fraction of sp³-hybridized carbons (Fsp3) is 0.417. The quantitative estimate of drug-likeness (QED) is 0.894. The lowest BCUT2D eigenvalue weighted by molar-refractivity contribution is 0.554. The van der Waals surface area contributed by atoms with Gasteiger partial charge in [0, 0.05) is 6.04 Å². The van der Waals surface area contributed by atoms with Crippen molar-refractivity contribution >= 4 is 0 Å². The molecule has 0 amide bonds. The molecular formula is C12H16FN5. The van der Waals surface area contributed by atoms with Crippen LogP contribution in [-0.4, -0.2) is 26.2 Å². The summed E-state index contributed by atoms with van der Waals surface area (Å²) in [4.78, 5) is 0. The van der Waals surface area contributed by atoms with Crippen molar-refractivity contribution in [2.24, 2.45) is 0 Å². The van der Waals surface area contributed by atoms with E-state index in [-0.39, 0.29) is 5.82 Å². The molecule has 6 heteroatoms. The van der Waals surface area contributed by atoms with Crippen molar-refractivity contribution in [3.63, 3.8) is 0 Å². The lowest BCUT2D eigenvalue weighted by Crippen LogP contribution is -2.24. The lowest BCUT2D eigenvalue weighted by Gasteiger charge is -2.09. The second-order valence-electron chi connectivity index (χ2n) is 4.50. The van der Waals surface area contributed by atoms with Gasteiger partial charge in [0.15, 0.2) is 5.82 Å². The van der Waals surface area contributed by atoms with Gasteiger partial charge in [-0.3, -0.25) is 0 Å². The zero-order chi connectivity index (χ0) is 13.1. The summed E-state index contributed by atoms with van der Waals surface area (Å²) in [6.45, 7) is 6.46. The number of rotatable bonds is 4. The minimum Gasteiger partial charge on any atom is -0.308 e. The third-order valence-corrected chi connectivity index (χ3v) is 2.53. The molecule has 0 saturated carbocycles. The summed E-state index contributed by atoms with van der Waals surface area (Å²) in [5.74, 6) is 0.256. The highest BCUT2D eigenvalue weighted by molar-refractivity contribution is 5.36. The van der Waals surface area contributed by atoms with Crippen molar-refractivity contribution in [1.29, 1.82) is 0 Å². The highest BCUT2D eigenvalue weighted by Gasteiger charge is 2.12. The average Bonchev–Trinajstić information content (AvgIpc) is 2.77. The van der Waals surface area contributed by atoms with E-state index in [9.17, 15) is 4.39 Å². The Morgan fingerprint density at radius 3 is 2.89 bits per heavy atom. The summed E-state index contributed by atoms with van der Waals surface area (Å²) < 4.78 is 15.2. The van der Waals surface area contributed by atoms with E-state index in [0.717, 1.165) is 5.56 Å². The first kappa shape index (κ1) is 12.6. The van der Waals surface area contributed by atoms with Crippen LogP contribution < -0.4 is 5.32 Å². The van der Waals surface area contributed by atoms with Gasteiger partial charge in [0.25, 0.3) is 0 Å². The van der Waals surface area contributed by atoms with Gasteiger partial charge in [0.1, 0.15) is 11.5 Å². The molecule has 0 bridgehead atoms. The maximum absolute atomic E-state index is 13.8. The van der Waals surface area contributed by atoms with Crippen LogP contribution in [0.3, 0.4) is 0 Å². The van der Waals surface area contributed by atoms with E-state index < -0.39 is 0 Å². The maximum Gasteiger partial charge on any atom is 0.170 e. The Morgan fingerprint density at radius 1 is 1.39 bits per heavy atom. The van der Waals surface area contributed by atoms with E-state index in [0.29, 0.717) is 24.1 Å². The van der Waals surface area contributed by atoms with Gasteiger partial charge in [-0.25, -0.2) is 4.39 Å². The van der Waals surface area contributed by atoms with Crippen LogP contribution in [0, 0.1) is 12.7 Å². The Morgan fingerprint density at radius 2 is 2.17 bits per heavy atom. The van der Waals surface area contributed by atoms with E-state index in [1.54, 1.807) is 12.1 Å². The molecule has 0 saturated heterocycles. The SMILES string of the molecule is Cc1ccc(F)c(-n2nnnc2CNC(C)C)c1. The van der Waals surface area contributed by atoms with Crippen LogP contribution >= 0.6 is 0 Å². The van der Waals surface area contributed by atoms with Crippen LogP contribution in [0.25, 0.3) is 5.69 Å². The zero-order valence-electron chi connectivity index (χ0n) is 10.7. The van der Waals surface area contributed by atoms with Gasteiger partial charge in [-0.1, -0.05) is 19.9 Å². The molecule has 96 valence electrons. The first-order valence-electron chi connectivity index (χ1n) is 5.85. The largest absolute Gasteiger partial charge is 0.308 e. The Balaban J connectivity index is 2.33. The number of aryl methyl sites for hydroxylation is 1. The van der Waals surface area contributed by atoms with E-state index in [1.807, 2.05) is 20.8 Å². The molecule has 1 aromatic heterocycles. The van der Waals surface area contributed by atoms with Gasteiger partial charge in [-0.05, 0) is 35.0 Å². The van der Waals surface area contributed by atoms with Gasteiger partial charge in [-0.2, -0.15) is 4.68 Å². The number of tetrazole rings is 1. The summed E-state index contributed by atoms with van der Waals surface area (Å²) >= 11 is 0. The molecule has 1 N–H and O–H groups in total. The van der Waals surface area contributed by atoms with Gasteiger partial charge in [0.05, 0.1) is 6.54 Å². The van der Waals surface area contributed by atoms with Crippen LogP contribution in [-0.2, 0) is 6.54 Å². The Hall–Kier alpha value is -1.82. The molecular weight excluding hydrogens is 233 g/mol. The smallest absolute Gasteiger partial charge is 0.170 e. The average molecular weight is 249 g/mol. The van der Waals surface area contributed by atoms with Crippen LogP contribution in [0.4, 0.5) is 4.39 Å². The van der Waals surface area contributed by atoms with Crippen molar-refractivity contribution in [2.75, 3.05) is 0 Å². The van der Waals surface area contributed by atoms with Gasteiger partial charge < -0.3 is 5.32 Å². The topological polar surface area (TPSA) is 55.6 Å². The summed E-state index contributed by atoms with van der Waals surface area (Å²) in [7, 11) is 0. The molecule has 0 unspecified atom stereocenters. The lowest BCUT2D eigenvalue weighted by atomic mass is 10.2. The standard InChI is InChI=1S/C12H16FN5/c1-8(2)14-7-12-15-16-17-18(12)11-6-9(3)4-5-10(11)13/h4-6,8,14H,7H2,1-3H3. The highest BCUT2D eigenvalue weighted by Crippen LogP contribution is 2.15. The van der Waals surface area contributed by atoms with Crippen LogP contribution in [0.5, 0.6) is 0 Å². The molecule has 0 aliphatic heterocycles. The molecule has 0 aliphatic carbocycles. The molecule has 0 radical (unpaired) electrons. The molecule has 2 rings (SSSR count). The molecule has 18 heavy (non-hydrogen) atoms. The van der Waals surface area contributed by atoms with E-state index >= 15 is 0 Å². The first-order chi connectivity index (χ1) is 8.58. The first-order valence-corrected chi connectivity index (χ1v) is 5.85. The van der Waals surface area contributed by atoms with Gasteiger partial charge in [-0.15, -0.1) is 5.10 Å². The Kier molecular flexibility index (Phi) is 3.66. The van der Waals surface area contributed by atoms with Crippen molar-refractivity contribution in [3.8, 4) is 5.69 Å². The van der Waals surface area contributed by atoms with Crippen molar-refractivity contribution in [1.82, 2.24) is 25.5 Å². The number of nitrogens with one attached hydrogen (secondary N) is 1. The molecule has 0 fully saturated rings. The summed E-state index contributed by atoms with van der Waals surface area (Å²) in [5, 5.41) is 14.6. The van der Waals surface area contributed by atoms with E-state index in [2.05, 4.69) is 20.8 Å². The van der Waals surface area contributed by atoms with Crippen molar-refractivity contribution in [2.45, 2.75) is 33.4 Å². The highest BCUT2D eigenvalue weighted by atomic mass is 19.1. The summed E-state index contributed by atoms with van der Waals surface area (Å²) in [5.41, 5.74) is 1.34. The minimum absolute atomic E-state index is 0.317. The van der Waals surface area contributed by atoms with Gasteiger partial charge in [0.2, 0.25) is 0 Å². The second-order valence-corrected chi connectivity index (χ2v) is 4.50.